The number of halogens is 1. The minimum absolute atomic E-state index is 0.0605. The summed E-state index contributed by atoms with van der Waals surface area (Å²) in [5.41, 5.74) is 5.43. The van der Waals surface area contributed by atoms with E-state index >= 15 is 0 Å². The number of methoxy groups -OCH3 is 2. The Hall–Kier alpha value is -4.78. The molecule has 2 fully saturated rings. The van der Waals surface area contributed by atoms with E-state index in [-0.39, 0.29) is 36.9 Å². The van der Waals surface area contributed by atoms with Crippen LogP contribution in [0.5, 0.6) is 23.0 Å². The molecule has 288 valence electrons. The van der Waals surface area contributed by atoms with Gasteiger partial charge in [0.2, 0.25) is 5.91 Å². The summed E-state index contributed by atoms with van der Waals surface area (Å²) in [4.78, 5) is 42.9. The largest absolute Gasteiger partial charge is 0.497 e. The average molecular weight is 762 g/mol. The van der Waals surface area contributed by atoms with Crippen LogP contribution in [-0.2, 0) is 20.9 Å². The third kappa shape index (κ3) is 9.47. The number of piperazine rings is 1. The fourth-order valence-electron chi connectivity index (χ4n) is 7.17. The van der Waals surface area contributed by atoms with Gasteiger partial charge in [-0.3, -0.25) is 14.4 Å². The lowest BCUT2D eigenvalue weighted by Crippen LogP contribution is -2.62. The second-order valence-electron chi connectivity index (χ2n) is 14.2. The first-order valence-electron chi connectivity index (χ1n) is 18.2. The summed E-state index contributed by atoms with van der Waals surface area (Å²) >= 11 is 6.36. The van der Waals surface area contributed by atoms with Crippen molar-refractivity contribution in [2.45, 2.75) is 76.7 Å². The Bertz CT molecular complexity index is 1870. The Morgan fingerprint density at radius 2 is 1.57 bits per heavy atom. The SMILES string of the molecule is COc1cc(CN(C(=O)C2=C(c3ccc(OCCOc4cc(C)c(C)cc4Cl)cc3)C[C@@H]3CN(C(=O)C[C@H](O)CC(=O)O)C[C@H]2N3)C2CC2)cc(OC)c1. The predicted molar refractivity (Wildman–Crippen MR) is 203 cm³/mol. The lowest BCUT2D eigenvalue weighted by Gasteiger charge is -2.45. The fraction of sp³-hybridized carbons (Fsp3) is 0.439. The Balaban J connectivity index is 1.25. The molecule has 2 heterocycles. The number of hydrogen-bond donors (Lipinski definition) is 3. The molecule has 3 N–H and O–H groups in total. The quantitative estimate of drug-likeness (QED) is 0.167. The number of carboxylic acid groups (broad SMARTS) is 1. The second kappa shape index (κ2) is 17.1. The summed E-state index contributed by atoms with van der Waals surface area (Å²) in [6, 6.07) is 16.5. The number of rotatable bonds is 16. The molecule has 2 aliphatic heterocycles. The highest BCUT2D eigenvalue weighted by molar-refractivity contribution is 6.32. The van der Waals surface area contributed by atoms with Gasteiger partial charge in [0.05, 0.1) is 44.2 Å². The molecule has 1 aliphatic carbocycles. The maximum absolute atomic E-state index is 14.9. The number of carbonyl (C=O) groups is 3. The molecule has 0 spiro atoms. The van der Waals surface area contributed by atoms with Crippen molar-refractivity contribution in [3.63, 3.8) is 0 Å². The minimum atomic E-state index is -1.29. The van der Waals surface area contributed by atoms with Gasteiger partial charge in [-0.1, -0.05) is 23.7 Å². The zero-order chi connectivity index (χ0) is 38.5. The maximum atomic E-state index is 14.9. The Morgan fingerprint density at radius 1 is 0.907 bits per heavy atom. The molecule has 1 saturated carbocycles. The van der Waals surface area contributed by atoms with Gasteiger partial charge in [0.25, 0.3) is 5.91 Å². The standard InChI is InChI=1S/C41H48ClN3O9/c1-24-13-35(42)37(14-25(24)2)54-12-11-53-31-9-5-27(6-10-31)34-17-28-22-44(38(47)18-30(46)19-39(48)49)23-36(43-28)40(34)41(50)45(29-7-8-29)21-26-15-32(51-3)20-33(16-26)52-4/h5-6,9-10,13-16,20,28-30,36,43,46H,7-8,11-12,17-19,21-23H2,1-4H3,(H,48,49)/t28-,30+,36-/m1/s1. The number of nitrogens with one attached hydrogen (secondary N) is 1. The van der Waals surface area contributed by atoms with Crippen molar-refractivity contribution in [3.05, 3.63) is 87.4 Å². The van der Waals surface area contributed by atoms with Gasteiger partial charge in [0.15, 0.2) is 0 Å². The van der Waals surface area contributed by atoms with Gasteiger partial charge in [-0.2, -0.15) is 0 Å². The lowest BCUT2D eigenvalue weighted by molar-refractivity contribution is -0.141. The summed E-state index contributed by atoms with van der Waals surface area (Å²) in [5, 5.41) is 23.5. The van der Waals surface area contributed by atoms with Crippen LogP contribution in [0.4, 0.5) is 0 Å². The van der Waals surface area contributed by atoms with Crippen LogP contribution in [0.3, 0.4) is 0 Å². The molecule has 6 rings (SSSR count). The number of aliphatic hydroxyl groups is 1. The molecule has 2 bridgehead atoms. The summed E-state index contributed by atoms with van der Waals surface area (Å²) in [5.74, 6) is 0.888. The number of carboxylic acids is 1. The van der Waals surface area contributed by atoms with E-state index in [4.69, 9.17) is 35.7 Å². The molecule has 1 saturated heterocycles. The van der Waals surface area contributed by atoms with Crippen LogP contribution >= 0.6 is 11.6 Å². The fourth-order valence-corrected chi connectivity index (χ4v) is 7.44. The van der Waals surface area contributed by atoms with Crippen LogP contribution in [0.2, 0.25) is 5.02 Å². The van der Waals surface area contributed by atoms with Crippen LogP contribution in [0.25, 0.3) is 5.57 Å². The van der Waals surface area contributed by atoms with E-state index in [0.29, 0.717) is 66.3 Å². The molecule has 12 nitrogen and oxygen atoms in total. The van der Waals surface area contributed by atoms with E-state index in [1.807, 2.05) is 67.3 Å². The Morgan fingerprint density at radius 3 is 2.22 bits per heavy atom. The van der Waals surface area contributed by atoms with Gasteiger partial charge in [0.1, 0.15) is 36.2 Å². The van der Waals surface area contributed by atoms with Gasteiger partial charge in [-0.05, 0) is 97.3 Å². The van der Waals surface area contributed by atoms with Crippen molar-refractivity contribution in [1.29, 1.82) is 0 Å². The summed E-state index contributed by atoms with van der Waals surface area (Å²) < 4.78 is 22.9. The lowest BCUT2D eigenvalue weighted by atomic mass is 9.82. The molecule has 0 aromatic heterocycles. The first kappa shape index (κ1) is 38.9. The number of carbonyl (C=O) groups excluding carboxylic acids is 2. The average Bonchev–Trinajstić information content (AvgIpc) is 3.99. The topological polar surface area (TPSA) is 147 Å². The molecule has 54 heavy (non-hydrogen) atoms. The van der Waals surface area contributed by atoms with Crippen LogP contribution in [0.1, 0.15) is 54.4 Å². The zero-order valence-electron chi connectivity index (χ0n) is 31.1. The molecular weight excluding hydrogens is 714 g/mol. The number of aryl methyl sites for hydroxylation is 2. The van der Waals surface area contributed by atoms with Crippen LogP contribution in [0, 0.1) is 13.8 Å². The van der Waals surface area contributed by atoms with Crippen LogP contribution in [0.15, 0.2) is 60.2 Å². The van der Waals surface area contributed by atoms with Crippen molar-refractivity contribution in [2.24, 2.45) is 0 Å². The maximum Gasteiger partial charge on any atom is 0.305 e. The third-order valence-corrected chi connectivity index (χ3v) is 10.5. The molecule has 2 amide bonds. The monoisotopic (exact) mass is 761 g/mol. The zero-order valence-corrected chi connectivity index (χ0v) is 31.9. The first-order valence-corrected chi connectivity index (χ1v) is 18.6. The summed E-state index contributed by atoms with van der Waals surface area (Å²) in [6.07, 6.45) is 0.134. The van der Waals surface area contributed by atoms with Crippen molar-refractivity contribution < 1.29 is 43.5 Å². The number of amides is 2. The van der Waals surface area contributed by atoms with Crippen LogP contribution in [-0.4, -0.2) is 103 Å². The molecular formula is C41H48ClN3O9. The van der Waals surface area contributed by atoms with Crippen molar-refractivity contribution in [3.8, 4) is 23.0 Å². The van der Waals surface area contributed by atoms with Crippen molar-refractivity contribution in [1.82, 2.24) is 15.1 Å². The normalized spacial score (nSPS) is 18.5. The number of ether oxygens (including phenoxy) is 4. The van der Waals surface area contributed by atoms with E-state index in [0.717, 1.165) is 40.7 Å². The number of benzene rings is 3. The number of hydrogen-bond acceptors (Lipinski definition) is 9. The molecule has 3 aromatic carbocycles. The van der Waals surface area contributed by atoms with E-state index in [1.54, 1.807) is 25.2 Å². The van der Waals surface area contributed by atoms with E-state index in [2.05, 4.69) is 5.32 Å². The number of aliphatic carboxylic acids is 1. The van der Waals surface area contributed by atoms with Crippen molar-refractivity contribution in [2.75, 3.05) is 40.5 Å². The number of aliphatic hydroxyl groups excluding tert-OH is 1. The van der Waals surface area contributed by atoms with Gasteiger partial charge in [0, 0.05) is 43.4 Å². The Labute approximate surface area is 320 Å². The Kier molecular flexibility index (Phi) is 12.4. The third-order valence-electron chi connectivity index (χ3n) is 10.2. The molecule has 3 aliphatic rings. The number of fused-ring (bicyclic) bond motifs is 2. The highest BCUT2D eigenvalue weighted by Crippen LogP contribution is 2.38. The number of nitrogens with zero attached hydrogens (tertiary/aromatic N) is 2. The first-order chi connectivity index (χ1) is 25.9. The van der Waals surface area contributed by atoms with E-state index in [1.165, 1.54) is 0 Å². The van der Waals surface area contributed by atoms with Gasteiger partial charge in [-0.15, -0.1) is 0 Å². The van der Waals surface area contributed by atoms with Crippen molar-refractivity contribution >= 4 is 35.0 Å². The highest BCUT2D eigenvalue weighted by atomic mass is 35.5. The second-order valence-corrected chi connectivity index (χ2v) is 14.6. The summed E-state index contributed by atoms with van der Waals surface area (Å²) in [7, 11) is 3.18. The minimum Gasteiger partial charge on any atom is -0.497 e. The molecule has 0 radical (unpaired) electrons. The van der Waals surface area contributed by atoms with Gasteiger partial charge < -0.3 is 44.3 Å². The van der Waals surface area contributed by atoms with Crippen LogP contribution < -0.4 is 24.3 Å². The summed E-state index contributed by atoms with van der Waals surface area (Å²) in [6.45, 7) is 5.53. The highest BCUT2D eigenvalue weighted by Gasteiger charge is 2.43. The van der Waals surface area contributed by atoms with E-state index in [9.17, 15) is 19.5 Å². The van der Waals surface area contributed by atoms with Gasteiger partial charge in [-0.25, -0.2) is 0 Å². The molecule has 0 unspecified atom stereocenters. The van der Waals surface area contributed by atoms with E-state index < -0.39 is 24.5 Å². The molecule has 3 aromatic rings. The predicted octanol–water partition coefficient (Wildman–Crippen LogP) is 5.18. The van der Waals surface area contributed by atoms with Gasteiger partial charge >= 0.3 is 5.97 Å². The molecule has 3 atom stereocenters. The smallest absolute Gasteiger partial charge is 0.305 e. The molecule has 13 heteroatoms.